The van der Waals surface area contributed by atoms with Gasteiger partial charge in [0.1, 0.15) is 0 Å². The van der Waals surface area contributed by atoms with Crippen molar-refractivity contribution in [1.29, 1.82) is 0 Å². The van der Waals surface area contributed by atoms with E-state index < -0.39 is 5.76 Å². The molecule has 2 aromatic carbocycles. The molecule has 2 N–H and O–H groups in total. The Morgan fingerprint density at radius 2 is 2.00 bits per heavy atom. The first-order valence-corrected chi connectivity index (χ1v) is 8.17. The molecule has 4 rings (SSSR count). The van der Waals surface area contributed by atoms with Crippen LogP contribution in [0.15, 0.2) is 57.7 Å². The number of fused-ring (bicyclic) bond motifs is 1. The largest absolute Gasteiger partial charge is 0.417 e. The molecule has 3 aromatic rings. The van der Waals surface area contributed by atoms with Crippen LogP contribution in [0.5, 0.6) is 0 Å². The van der Waals surface area contributed by atoms with Crippen molar-refractivity contribution in [2.45, 2.75) is 25.2 Å². The van der Waals surface area contributed by atoms with Gasteiger partial charge >= 0.3 is 5.76 Å². The standard InChI is InChI=1S/C19H18N2O3/c22-18(11-15(13-6-7-13)12-4-2-1-3-5-12)20-14-8-9-16-17(10-14)24-19(23)21-16/h1-5,8-10,13,15H,6-7,11H2,(H,20,22)(H,21,23). The third-order valence-corrected chi connectivity index (χ3v) is 4.53. The zero-order valence-electron chi connectivity index (χ0n) is 13.1. The number of H-pyrrole nitrogens is 1. The minimum Gasteiger partial charge on any atom is -0.408 e. The fourth-order valence-corrected chi connectivity index (χ4v) is 3.19. The van der Waals surface area contributed by atoms with E-state index in [0.717, 1.165) is 0 Å². The molecule has 1 fully saturated rings. The average molecular weight is 322 g/mol. The first-order valence-electron chi connectivity index (χ1n) is 8.17. The molecule has 0 bridgehead atoms. The number of amides is 1. The first kappa shape index (κ1) is 14.8. The second-order valence-corrected chi connectivity index (χ2v) is 6.33. The summed E-state index contributed by atoms with van der Waals surface area (Å²) in [7, 11) is 0. The number of aromatic amines is 1. The van der Waals surface area contributed by atoms with E-state index >= 15 is 0 Å². The third-order valence-electron chi connectivity index (χ3n) is 4.53. The molecule has 0 saturated heterocycles. The van der Waals surface area contributed by atoms with Crippen LogP contribution in [-0.2, 0) is 4.79 Å². The number of rotatable bonds is 5. The van der Waals surface area contributed by atoms with Gasteiger partial charge in [0.15, 0.2) is 5.58 Å². The molecule has 1 aliphatic carbocycles. The van der Waals surface area contributed by atoms with E-state index in [4.69, 9.17) is 4.42 Å². The molecule has 0 radical (unpaired) electrons. The number of hydrogen-bond donors (Lipinski definition) is 2. The van der Waals surface area contributed by atoms with Crippen molar-refractivity contribution in [1.82, 2.24) is 4.98 Å². The van der Waals surface area contributed by atoms with Gasteiger partial charge in [0.2, 0.25) is 5.91 Å². The van der Waals surface area contributed by atoms with Gasteiger partial charge in [-0.3, -0.25) is 9.78 Å². The maximum absolute atomic E-state index is 12.5. The van der Waals surface area contributed by atoms with Gasteiger partial charge in [0.05, 0.1) is 5.52 Å². The highest BCUT2D eigenvalue weighted by molar-refractivity contribution is 5.93. The van der Waals surface area contributed by atoms with E-state index in [1.54, 1.807) is 18.2 Å². The fraction of sp³-hybridized carbons (Fsp3) is 0.263. The summed E-state index contributed by atoms with van der Waals surface area (Å²) >= 11 is 0. The summed E-state index contributed by atoms with van der Waals surface area (Å²) < 4.78 is 5.03. The van der Waals surface area contributed by atoms with Crippen LogP contribution in [0.1, 0.15) is 30.7 Å². The van der Waals surface area contributed by atoms with Crippen molar-refractivity contribution in [2.24, 2.45) is 5.92 Å². The normalized spacial score (nSPS) is 15.3. The maximum atomic E-state index is 12.5. The Balaban J connectivity index is 1.49. The topological polar surface area (TPSA) is 75.1 Å². The number of anilines is 1. The second-order valence-electron chi connectivity index (χ2n) is 6.33. The lowest BCUT2D eigenvalue weighted by molar-refractivity contribution is -0.116. The van der Waals surface area contributed by atoms with E-state index in [2.05, 4.69) is 22.4 Å². The Kier molecular flexibility index (Phi) is 3.69. The highest BCUT2D eigenvalue weighted by Gasteiger charge is 2.33. The van der Waals surface area contributed by atoms with Gasteiger partial charge < -0.3 is 9.73 Å². The number of hydrogen-bond acceptors (Lipinski definition) is 3. The fourth-order valence-electron chi connectivity index (χ4n) is 3.19. The van der Waals surface area contributed by atoms with Crippen LogP contribution in [0.3, 0.4) is 0 Å². The zero-order valence-corrected chi connectivity index (χ0v) is 13.1. The quantitative estimate of drug-likeness (QED) is 0.753. The number of benzene rings is 2. The smallest absolute Gasteiger partial charge is 0.408 e. The van der Waals surface area contributed by atoms with Crippen molar-refractivity contribution in [3.05, 3.63) is 64.6 Å². The van der Waals surface area contributed by atoms with Crippen molar-refractivity contribution < 1.29 is 9.21 Å². The lowest BCUT2D eigenvalue weighted by atomic mass is 9.91. The summed E-state index contributed by atoms with van der Waals surface area (Å²) in [5.41, 5.74) is 2.93. The van der Waals surface area contributed by atoms with Crippen LogP contribution in [0.2, 0.25) is 0 Å². The molecule has 1 atom stereocenters. The summed E-state index contributed by atoms with van der Waals surface area (Å²) in [6.45, 7) is 0. The van der Waals surface area contributed by atoms with Crippen molar-refractivity contribution >= 4 is 22.7 Å². The maximum Gasteiger partial charge on any atom is 0.417 e. The van der Waals surface area contributed by atoms with Gasteiger partial charge in [-0.1, -0.05) is 30.3 Å². The molecule has 1 aromatic heterocycles. The lowest BCUT2D eigenvalue weighted by Gasteiger charge is -2.16. The molecule has 5 nitrogen and oxygen atoms in total. The van der Waals surface area contributed by atoms with E-state index in [9.17, 15) is 9.59 Å². The zero-order chi connectivity index (χ0) is 16.5. The SMILES string of the molecule is O=C(CC(c1ccccc1)C1CC1)Nc1ccc2[nH]c(=O)oc2c1. The Hall–Kier alpha value is -2.82. The van der Waals surface area contributed by atoms with Crippen molar-refractivity contribution in [3.8, 4) is 0 Å². The van der Waals surface area contributed by atoms with Gasteiger partial charge in [-0.15, -0.1) is 0 Å². The van der Waals surface area contributed by atoms with Crippen LogP contribution >= 0.6 is 0 Å². The van der Waals surface area contributed by atoms with Gasteiger partial charge in [0.25, 0.3) is 0 Å². The van der Waals surface area contributed by atoms with Crippen molar-refractivity contribution in [3.63, 3.8) is 0 Å². The average Bonchev–Trinajstić information content (AvgIpc) is 3.34. The molecule has 24 heavy (non-hydrogen) atoms. The van der Waals surface area contributed by atoms with Crippen LogP contribution in [-0.4, -0.2) is 10.9 Å². The number of carbonyl (C=O) groups excluding carboxylic acids is 1. The molecule has 1 heterocycles. The van der Waals surface area contributed by atoms with E-state index in [-0.39, 0.29) is 11.8 Å². The Bertz CT molecular complexity index is 922. The highest BCUT2D eigenvalue weighted by Crippen LogP contribution is 2.44. The van der Waals surface area contributed by atoms with Gasteiger partial charge in [-0.25, -0.2) is 4.79 Å². The Labute approximate surface area is 138 Å². The number of oxazole rings is 1. The van der Waals surface area contributed by atoms with Gasteiger partial charge in [-0.05, 0) is 42.4 Å². The Morgan fingerprint density at radius 3 is 2.75 bits per heavy atom. The lowest BCUT2D eigenvalue weighted by Crippen LogP contribution is -2.16. The van der Waals surface area contributed by atoms with Crippen LogP contribution in [0.4, 0.5) is 5.69 Å². The number of nitrogens with one attached hydrogen (secondary N) is 2. The summed E-state index contributed by atoms with van der Waals surface area (Å²) in [4.78, 5) is 26.2. The van der Waals surface area contributed by atoms with Gasteiger partial charge in [0, 0.05) is 18.2 Å². The van der Waals surface area contributed by atoms with E-state index in [0.29, 0.717) is 29.1 Å². The monoisotopic (exact) mass is 322 g/mol. The van der Waals surface area contributed by atoms with Crippen LogP contribution in [0, 0.1) is 5.92 Å². The molecule has 5 heteroatoms. The first-order chi connectivity index (χ1) is 11.7. The molecule has 122 valence electrons. The molecule has 1 amide bonds. The second kappa shape index (κ2) is 6.00. The summed E-state index contributed by atoms with van der Waals surface area (Å²) in [5, 5.41) is 2.91. The molecule has 1 aliphatic rings. The summed E-state index contributed by atoms with van der Waals surface area (Å²) in [6, 6.07) is 15.4. The van der Waals surface area contributed by atoms with E-state index in [1.807, 2.05) is 18.2 Å². The minimum absolute atomic E-state index is 0.0204. The molecule has 1 saturated carbocycles. The van der Waals surface area contributed by atoms with Gasteiger partial charge in [-0.2, -0.15) is 0 Å². The number of carbonyl (C=O) groups is 1. The molecular weight excluding hydrogens is 304 g/mol. The van der Waals surface area contributed by atoms with Crippen LogP contribution < -0.4 is 11.1 Å². The summed E-state index contributed by atoms with van der Waals surface area (Å²) in [6.07, 6.45) is 2.84. The third kappa shape index (κ3) is 3.11. The Morgan fingerprint density at radius 1 is 1.21 bits per heavy atom. The predicted octanol–water partition coefficient (Wildman–Crippen LogP) is 3.64. The molecule has 0 aliphatic heterocycles. The van der Waals surface area contributed by atoms with Crippen LogP contribution in [0.25, 0.3) is 11.1 Å². The highest BCUT2D eigenvalue weighted by atomic mass is 16.4. The molecular formula is C19H18N2O3. The minimum atomic E-state index is -0.494. The number of aromatic nitrogens is 1. The van der Waals surface area contributed by atoms with Crippen molar-refractivity contribution in [2.75, 3.05) is 5.32 Å². The molecule has 0 spiro atoms. The summed E-state index contributed by atoms with van der Waals surface area (Å²) in [5.74, 6) is 0.350. The van der Waals surface area contributed by atoms with E-state index in [1.165, 1.54) is 18.4 Å². The predicted molar refractivity (Wildman–Crippen MR) is 92.0 cm³/mol. The molecule has 1 unspecified atom stereocenters.